The van der Waals surface area contributed by atoms with Crippen molar-refractivity contribution in [2.75, 3.05) is 6.61 Å². The van der Waals surface area contributed by atoms with Gasteiger partial charge in [0.25, 0.3) is 0 Å². The van der Waals surface area contributed by atoms with Crippen molar-refractivity contribution in [3.05, 3.63) is 23.8 Å². The first kappa shape index (κ1) is 17.8. The number of hydrogen-bond donors (Lipinski definition) is 0. The van der Waals surface area contributed by atoms with Crippen molar-refractivity contribution >= 4 is 0 Å². The maximum Gasteiger partial charge on any atom is 0.0717 e. The van der Waals surface area contributed by atoms with E-state index >= 15 is 0 Å². The smallest absolute Gasteiger partial charge is 0.0717 e. The van der Waals surface area contributed by atoms with Crippen LogP contribution in [-0.2, 0) is 4.74 Å². The summed E-state index contributed by atoms with van der Waals surface area (Å²) < 4.78 is 5.61. The molecule has 96 valence electrons. The fourth-order valence-corrected chi connectivity index (χ4v) is 1.13. The van der Waals surface area contributed by atoms with Gasteiger partial charge >= 0.3 is 0 Å². The molecule has 1 aliphatic rings. The van der Waals surface area contributed by atoms with Crippen molar-refractivity contribution < 1.29 is 4.74 Å². The third-order valence-corrected chi connectivity index (χ3v) is 2.18. The molecule has 0 aromatic rings. The van der Waals surface area contributed by atoms with Gasteiger partial charge in [0.2, 0.25) is 0 Å². The first-order chi connectivity index (χ1) is 7.83. The Hall–Kier alpha value is -0.560. The van der Waals surface area contributed by atoms with Gasteiger partial charge in [-0.15, -0.1) is 0 Å². The van der Waals surface area contributed by atoms with E-state index < -0.39 is 0 Å². The van der Waals surface area contributed by atoms with Crippen molar-refractivity contribution in [3.8, 4) is 0 Å². The molecule has 0 heterocycles. The van der Waals surface area contributed by atoms with Crippen LogP contribution in [0.1, 0.15) is 60.8 Å². The molecule has 0 aromatic heterocycles. The van der Waals surface area contributed by atoms with Crippen LogP contribution in [0.4, 0.5) is 0 Å². The Morgan fingerprint density at radius 1 is 1.19 bits per heavy atom. The fourth-order valence-electron chi connectivity index (χ4n) is 1.13. The van der Waals surface area contributed by atoms with E-state index in [-0.39, 0.29) is 0 Å². The van der Waals surface area contributed by atoms with Crippen molar-refractivity contribution in [1.29, 1.82) is 0 Å². The Morgan fingerprint density at radius 2 is 1.81 bits per heavy atom. The molecule has 1 aliphatic carbocycles. The molecule has 16 heavy (non-hydrogen) atoms. The van der Waals surface area contributed by atoms with E-state index in [9.17, 15) is 0 Å². The summed E-state index contributed by atoms with van der Waals surface area (Å²) in [6.07, 6.45) is 10.5. The monoisotopic (exact) mass is 226 g/mol. The van der Waals surface area contributed by atoms with E-state index in [1.807, 2.05) is 27.7 Å². The molecular formula is C15H30O. The second kappa shape index (κ2) is 14.4. The molecule has 1 rings (SSSR count). The lowest BCUT2D eigenvalue weighted by molar-refractivity contribution is 0.0820. The predicted octanol–water partition coefficient (Wildman–Crippen LogP) is 5.13. The molecule has 0 N–H and O–H groups in total. The quantitative estimate of drug-likeness (QED) is 0.645. The average molecular weight is 226 g/mol. The molecule has 0 saturated heterocycles. The van der Waals surface area contributed by atoms with Gasteiger partial charge in [0.15, 0.2) is 0 Å². The normalized spacial score (nSPS) is 15.0. The SMILES string of the molecule is CC.CC.CCC(C)OCC1=CCCC=C1. The third-order valence-electron chi connectivity index (χ3n) is 2.18. The van der Waals surface area contributed by atoms with Gasteiger partial charge in [0.1, 0.15) is 0 Å². The summed E-state index contributed by atoms with van der Waals surface area (Å²) >= 11 is 0. The first-order valence-electron chi connectivity index (χ1n) is 6.80. The molecule has 0 aromatic carbocycles. The van der Waals surface area contributed by atoms with E-state index in [1.165, 1.54) is 18.4 Å². The van der Waals surface area contributed by atoms with Crippen molar-refractivity contribution in [2.24, 2.45) is 0 Å². The van der Waals surface area contributed by atoms with Gasteiger partial charge in [-0.2, -0.15) is 0 Å². The molecule has 0 fully saturated rings. The molecule has 1 nitrogen and oxygen atoms in total. The highest BCUT2D eigenvalue weighted by molar-refractivity contribution is 5.22. The maximum atomic E-state index is 5.61. The number of rotatable bonds is 4. The second-order valence-corrected chi connectivity index (χ2v) is 3.29. The molecule has 1 atom stereocenters. The van der Waals surface area contributed by atoms with Crippen LogP contribution in [0.2, 0.25) is 0 Å². The molecule has 0 bridgehead atoms. The minimum atomic E-state index is 0.390. The van der Waals surface area contributed by atoms with Crippen molar-refractivity contribution in [2.45, 2.75) is 66.9 Å². The summed E-state index contributed by atoms with van der Waals surface area (Å²) in [7, 11) is 0. The van der Waals surface area contributed by atoms with Gasteiger partial charge in [-0.1, -0.05) is 52.8 Å². The molecule has 0 saturated carbocycles. The fraction of sp³-hybridized carbons (Fsp3) is 0.733. The van der Waals surface area contributed by atoms with Gasteiger partial charge in [-0.05, 0) is 31.8 Å². The average Bonchev–Trinajstić information content (AvgIpc) is 2.41. The van der Waals surface area contributed by atoms with Crippen LogP contribution in [-0.4, -0.2) is 12.7 Å². The Kier molecular flexibility index (Phi) is 16.1. The van der Waals surface area contributed by atoms with E-state index in [1.54, 1.807) is 0 Å². The lowest BCUT2D eigenvalue weighted by Crippen LogP contribution is -2.08. The summed E-state index contributed by atoms with van der Waals surface area (Å²) in [5, 5.41) is 0. The van der Waals surface area contributed by atoms with E-state index in [0.717, 1.165) is 13.0 Å². The zero-order valence-corrected chi connectivity index (χ0v) is 12.0. The summed E-state index contributed by atoms with van der Waals surface area (Å²) in [6, 6.07) is 0. The van der Waals surface area contributed by atoms with Crippen LogP contribution in [0, 0.1) is 0 Å². The van der Waals surface area contributed by atoms with Gasteiger partial charge in [-0.25, -0.2) is 0 Å². The minimum Gasteiger partial charge on any atom is -0.374 e. The van der Waals surface area contributed by atoms with Gasteiger partial charge < -0.3 is 4.74 Å². The zero-order chi connectivity index (χ0) is 12.8. The van der Waals surface area contributed by atoms with Crippen molar-refractivity contribution in [1.82, 2.24) is 0 Å². The van der Waals surface area contributed by atoms with Crippen LogP contribution in [0.3, 0.4) is 0 Å². The van der Waals surface area contributed by atoms with Gasteiger partial charge in [0.05, 0.1) is 12.7 Å². The Labute approximate surface area is 103 Å². The molecule has 1 unspecified atom stereocenters. The van der Waals surface area contributed by atoms with Gasteiger partial charge in [-0.3, -0.25) is 0 Å². The first-order valence-corrected chi connectivity index (χ1v) is 6.80. The maximum absolute atomic E-state index is 5.61. The van der Waals surface area contributed by atoms with Gasteiger partial charge in [0, 0.05) is 0 Å². The minimum absolute atomic E-state index is 0.390. The standard InChI is InChI=1S/C11H18O.2C2H6/c1-3-10(2)12-9-11-7-5-4-6-8-11;2*1-2/h5,7-8,10H,3-4,6,9H2,1-2H3;2*1-2H3. The van der Waals surface area contributed by atoms with Crippen molar-refractivity contribution in [3.63, 3.8) is 0 Å². The topological polar surface area (TPSA) is 9.23 Å². The lowest BCUT2D eigenvalue weighted by atomic mass is 10.1. The highest BCUT2D eigenvalue weighted by atomic mass is 16.5. The van der Waals surface area contributed by atoms with Crippen LogP contribution in [0.5, 0.6) is 0 Å². The summed E-state index contributed by atoms with van der Waals surface area (Å²) in [5.74, 6) is 0. The molecule has 0 aliphatic heterocycles. The van der Waals surface area contributed by atoms with Crippen LogP contribution in [0.15, 0.2) is 23.8 Å². The molecule has 0 spiro atoms. The second-order valence-electron chi connectivity index (χ2n) is 3.29. The Balaban J connectivity index is 0. The molecule has 0 amide bonds. The molecule has 1 heteroatoms. The number of allylic oxidation sites excluding steroid dienone is 2. The third kappa shape index (κ3) is 9.97. The highest BCUT2D eigenvalue weighted by Crippen LogP contribution is 2.10. The summed E-state index contributed by atoms with van der Waals surface area (Å²) in [4.78, 5) is 0. The van der Waals surface area contributed by atoms with E-state index in [0.29, 0.717) is 6.10 Å². The van der Waals surface area contributed by atoms with Crippen LogP contribution < -0.4 is 0 Å². The van der Waals surface area contributed by atoms with E-state index in [4.69, 9.17) is 4.74 Å². The summed E-state index contributed by atoms with van der Waals surface area (Å²) in [6.45, 7) is 13.0. The lowest BCUT2D eigenvalue weighted by Gasteiger charge is -2.12. The predicted molar refractivity (Wildman–Crippen MR) is 74.9 cm³/mol. The Morgan fingerprint density at radius 3 is 2.25 bits per heavy atom. The molecular weight excluding hydrogens is 196 g/mol. The Bertz CT molecular complexity index is 180. The van der Waals surface area contributed by atoms with E-state index in [2.05, 4.69) is 32.1 Å². The summed E-state index contributed by atoms with van der Waals surface area (Å²) in [5.41, 5.74) is 1.33. The van der Waals surface area contributed by atoms with Crippen LogP contribution >= 0.6 is 0 Å². The van der Waals surface area contributed by atoms with Crippen LogP contribution in [0.25, 0.3) is 0 Å². The zero-order valence-electron chi connectivity index (χ0n) is 12.0. The largest absolute Gasteiger partial charge is 0.374 e. The number of ether oxygens (including phenoxy) is 1. The number of hydrogen-bond acceptors (Lipinski definition) is 1. The molecule has 0 radical (unpaired) electrons. The highest BCUT2D eigenvalue weighted by Gasteiger charge is 2.01.